The van der Waals surface area contributed by atoms with E-state index in [1.165, 1.54) is 0 Å². The molecule has 0 amide bonds. The van der Waals surface area contributed by atoms with E-state index in [-0.39, 0.29) is 63.1 Å². The van der Waals surface area contributed by atoms with Crippen LogP contribution in [0.4, 0.5) is 0 Å². The molecule has 0 aliphatic carbocycles. The summed E-state index contributed by atoms with van der Waals surface area (Å²) in [4.78, 5) is 7.99. The number of benzene rings is 4. The minimum Gasteiger partial charge on any atom is -0.491 e. The smallest absolute Gasteiger partial charge is 0.238 e. The largest absolute Gasteiger partial charge is 0.491 e. The number of halogens is 3. The van der Waals surface area contributed by atoms with E-state index in [1.807, 2.05) is 43.3 Å². The van der Waals surface area contributed by atoms with Crippen molar-refractivity contribution in [2.24, 2.45) is 0 Å². The van der Waals surface area contributed by atoms with E-state index >= 15 is 0 Å². The molecule has 0 saturated heterocycles. The Hall–Kier alpha value is -5.75. The Labute approximate surface area is 411 Å². The van der Waals surface area contributed by atoms with Crippen molar-refractivity contribution in [2.45, 2.75) is 80.6 Å². The van der Waals surface area contributed by atoms with Gasteiger partial charge in [0.15, 0.2) is 45.0 Å². The second-order valence-corrected chi connectivity index (χ2v) is 21.7. The third-order valence-electron chi connectivity index (χ3n) is 11.7. The van der Waals surface area contributed by atoms with Crippen molar-refractivity contribution in [2.75, 3.05) is 37.5 Å². The predicted octanol–water partition coefficient (Wildman–Crippen LogP) is 10.8. The molecule has 0 N–H and O–H groups in total. The van der Waals surface area contributed by atoms with Crippen molar-refractivity contribution in [1.29, 1.82) is 10.5 Å². The van der Waals surface area contributed by atoms with Gasteiger partial charge in [0.05, 0.1) is 34.1 Å². The first-order valence-corrected chi connectivity index (χ1v) is 26.4. The molecule has 6 aromatic rings. The molecule has 6 rings (SSSR count). The second-order valence-electron chi connectivity index (χ2n) is 16.6. The molecule has 0 radical (unpaired) electrons. The fourth-order valence-corrected chi connectivity index (χ4v) is 9.66. The number of hydrogen-bond donors (Lipinski definition) is 0. The third-order valence-corrected chi connectivity index (χ3v) is 14.2. The molecular weight excluding hydrogens is 975 g/mol. The van der Waals surface area contributed by atoms with Gasteiger partial charge in [-0.25, -0.2) is 26.8 Å². The van der Waals surface area contributed by atoms with Crippen LogP contribution in [0.15, 0.2) is 104 Å². The van der Waals surface area contributed by atoms with Gasteiger partial charge in [0, 0.05) is 23.3 Å². The minimum absolute atomic E-state index is 0.0711. The van der Waals surface area contributed by atoms with Gasteiger partial charge in [-0.15, -0.1) is 23.2 Å². The van der Waals surface area contributed by atoms with Crippen LogP contribution in [0.1, 0.15) is 103 Å². The summed E-state index contributed by atoms with van der Waals surface area (Å²) in [6.07, 6.45) is 3.65. The van der Waals surface area contributed by atoms with Crippen LogP contribution in [0.5, 0.6) is 23.0 Å². The fourth-order valence-electron chi connectivity index (χ4n) is 7.94. The van der Waals surface area contributed by atoms with Crippen LogP contribution >= 0.6 is 34.8 Å². The Balaban J connectivity index is 1.44. The summed E-state index contributed by atoms with van der Waals surface area (Å²) in [6, 6.07) is 26.7. The summed E-state index contributed by atoms with van der Waals surface area (Å²) in [5.41, 5.74) is 2.85. The number of rotatable bonds is 21. The predicted molar refractivity (Wildman–Crippen MR) is 257 cm³/mol. The number of sulfone groups is 2. The molecule has 0 spiro atoms. The SMILES string of the molecule is Cc1cc(C(C)(CCC(C)(c2ccc(OC(C)c3ncc(S(C)(=O)=O)o3)cc2)c2cc(Cl)c(OCCCl)c(C#N)c2)c2ccc(OC(C)c3ocnc3S(C)(=O)=O)cc2)cc(C#N)c1OCCCl. The molecule has 2 heterocycles. The van der Waals surface area contributed by atoms with Crippen LogP contribution in [0.3, 0.4) is 0 Å². The molecule has 4 aromatic carbocycles. The lowest BCUT2D eigenvalue weighted by Crippen LogP contribution is -2.31. The van der Waals surface area contributed by atoms with E-state index in [4.69, 9.17) is 62.6 Å². The van der Waals surface area contributed by atoms with Gasteiger partial charge in [-0.05, 0) is 104 Å². The highest BCUT2D eigenvalue weighted by molar-refractivity contribution is 7.90. The first-order valence-electron chi connectivity index (χ1n) is 21.2. The Morgan fingerprint density at radius 2 is 1.21 bits per heavy atom. The summed E-state index contributed by atoms with van der Waals surface area (Å²) in [5.74, 6) is 2.13. The average molecular weight is 1020 g/mol. The third kappa shape index (κ3) is 11.4. The maximum Gasteiger partial charge on any atom is 0.238 e. The van der Waals surface area contributed by atoms with Gasteiger partial charge in [0.2, 0.25) is 20.8 Å². The van der Waals surface area contributed by atoms with E-state index in [9.17, 15) is 27.4 Å². The number of alkyl halides is 2. The van der Waals surface area contributed by atoms with Crippen molar-refractivity contribution in [3.63, 3.8) is 0 Å². The zero-order chi connectivity index (χ0) is 49.6. The molecule has 358 valence electrons. The summed E-state index contributed by atoms with van der Waals surface area (Å²) >= 11 is 18.8. The van der Waals surface area contributed by atoms with Crippen LogP contribution in [0.25, 0.3) is 0 Å². The van der Waals surface area contributed by atoms with Gasteiger partial charge in [0.1, 0.15) is 42.6 Å². The first kappa shape index (κ1) is 51.6. The molecule has 19 heteroatoms. The molecule has 0 saturated carbocycles. The van der Waals surface area contributed by atoms with Crippen LogP contribution in [-0.4, -0.2) is 64.3 Å². The molecule has 0 aliphatic rings. The van der Waals surface area contributed by atoms with E-state index in [0.29, 0.717) is 41.2 Å². The highest BCUT2D eigenvalue weighted by Gasteiger charge is 2.38. The summed E-state index contributed by atoms with van der Waals surface area (Å²) < 4.78 is 83.8. The lowest BCUT2D eigenvalue weighted by Gasteiger charge is -2.38. The van der Waals surface area contributed by atoms with E-state index in [2.05, 4.69) is 36.0 Å². The fraction of sp³-hybridized carbons (Fsp3) is 0.347. The molecular formula is C49H49Cl3N4O10S2. The van der Waals surface area contributed by atoms with Crippen molar-refractivity contribution in [1.82, 2.24) is 9.97 Å². The number of hydrogen-bond acceptors (Lipinski definition) is 14. The van der Waals surface area contributed by atoms with E-state index < -0.39 is 42.7 Å². The van der Waals surface area contributed by atoms with E-state index in [0.717, 1.165) is 47.4 Å². The van der Waals surface area contributed by atoms with Gasteiger partial charge < -0.3 is 27.8 Å². The van der Waals surface area contributed by atoms with Crippen LogP contribution in [-0.2, 0) is 30.5 Å². The Morgan fingerprint density at radius 1 is 0.706 bits per heavy atom. The quantitative estimate of drug-likeness (QED) is 0.0615. The maximum atomic E-state index is 12.4. The molecule has 4 atom stereocenters. The lowest BCUT2D eigenvalue weighted by molar-refractivity contribution is 0.181. The van der Waals surface area contributed by atoms with E-state index in [1.54, 1.807) is 50.2 Å². The molecule has 68 heavy (non-hydrogen) atoms. The molecule has 4 unspecified atom stereocenters. The summed E-state index contributed by atoms with van der Waals surface area (Å²) in [5, 5.41) is 20.6. The van der Waals surface area contributed by atoms with Gasteiger partial charge in [-0.2, -0.15) is 10.5 Å². The van der Waals surface area contributed by atoms with Crippen LogP contribution in [0.2, 0.25) is 5.02 Å². The highest BCUT2D eigenvalue weighted by Crippen LogP contribution is 2.47. The Morgan fingerprint density at radius 3 is 1.69 bits per heavy atom. The van der Waals surface area contributed by atoms with Crippen molar-refractivity contribution < 1.29 is 44.6 Å². The Kier molecular flexibility index (Phi) is 16.1. The van der Waals surface area contributed by atoms with Gasteiger partial charge in [-0.1, -0.05) is 55.8 Å². The summed E-state index contributed by atoms with van der Waals surface area (Å²) in [7, 11) is -7.30. The maximum absolute atomic E-state index is 12.4. The second kappa shape index (κ2) is 21.3. The number of nitriles is 2. The van der Waals surface area contributed by atoms with Gasteiger partial charge >= 0.3 is 0 Å². The standard InChI is InChI=1S/C49H49Cl3N4O10S2/c1-30-22-37(23-33(26-53)43(30)61-20-18-50)48(4,35-8-12-39(13-9-35)64-31(2)44-47(56-29-63-44)68(7,59)60)16-17-49(5,38-24-34(27-54)45(41(52)25-38)62-21-19-51)36-10-14-40(15-11-36)65-32(3)46-55-28-42(66-46)67(6,57)58/h8-15,22-25,28-29,31-32H,16-21H2,1-7H3. The number of oxazole rings is 2. The monoisotopic (exact) mass is 1020 g/mol. The molecule has 0 fully saturated rings. The zero-order valence-corrected chi connectivity index (χ0v) is 42.2. The minimum atomic E-state index is -3.68. The topological polar surface area (TPSA) is 205 Å². The molecule has 0 bridgehead atoms. The first-order chi connectivity index (χ1) is 32.2. The highest BCUT2D eigenvalue weighted by atomic mass is 35.5. The molecule has 0 aliphatic heterocycles. The Bertz CT molecular complexity index is 3080. The number of aryl methyl sites for hydroxylation is 1. The van der Waals surface area contributed by atoms with Crippen molar-refractivity contribution in [3.8, 4) is 35.1 Å². The van der Waals surface area contributed by atoms with Crippen LogP contribution in [0, 0.1) is 29.6 Å². The lowest BCUT2D eigenvalue weighted by atomic mass is 9.65. The van der Waals surface area contributed by atoms with Gasteiger partial charge in [0.25, 0.3) is 0 Å². The summed E-state index contributed by atoms with van der Waals surface area (Å²) in [6.45, 7) is 9.72. The van der Waals surface area contributed by atoms with Crippen LogP contribution < -0.4 is 18.9 Å². The normalized spacial score (nSPS) is 14.4. The average Bonchev–Trinajstić information content (AvgIpc) is 4.03. The number of nitrogens with zero attached hydrogens (tertiary/aromatic N) is 4. The number of ether oxygens (including phenoxy) is 4. The van der Waals surface area contributed by atoms with Crippen molar-refractivity contribution in [3.05, 3.63) is 141 Å². The zero-order valence-electron chi connectivity index (χ0n) is 38.3. The molecule has 2 aromatic heterocycles. The van der Waals surface area contributed by atoms with Gasteiger partial charge in [-0.3, -0.25) is 0 Å². The number of aromatic nitrogens is 2. The van der Waals surface area contributed by atoms with Crippen molar-refractivity contribution >= 4 is 54.5 Å². The molecule has 14 nitrogen and oxygen atoms in total.